The summed E-state index contributed by atoms with van der Waals surface area (Å²) < 4.78 is 14.3. The van der Waals surface area contributed by atoms with Crippen molar-refractivity contribution in [2.75, 3.05) is 19.3 Å². The Morgan fingerprint density at radius 1 is 0.848 bits per heavy atom. The molecule has 3 aromatic rings. The summed E-state index contributed by atoms with van der Waals surface area (Å²) in [4.78, 5) is 45.2. The maximum atomic E-state index is 14.4. The molecule has 2 aliphatic heterocycles. The number of ketones is 3. The molecule has 0 N–H and O–H groups in total. The Morgan fingerprint density at radius 2 is 1.48 bits per heavy atom. The van der Waals surface area contributed by atoms with Gasteiger partial charge in [-0.3, -0.25) is 19.3 Å². The quantitative estimate of drug-likeness (QED) is 0.498. The molecule has 3 aromatic carbocycles. The Labute approximate surface area is 194 Å². The van der Waals surface area contributed by atoms with Crippen molar-refractivity contribution in [1.82, 2.24) is 4.90 Å². The van der Waals surface area contributed by atoms with Crippen molar-refractivity contribution >= 4 is 29.1 Å². The Kier molecular flexibility index (Phi) is 4.32. The first-order chi connectivity index (χ1) is 15.9. The van der Waals surface area contributed by atoms with Crippen LogP contribution < -0.4 is 0 Å². The lowest BCUT2D eigenvalue weighted by Crippen LogP contribution is -2.66. The SMILES string of the molecule is CN1C[C@@H](c2cccc(F)c2)[C@@]2(CSc3ccccc3C2=O)C12C(=O)c1ccccc1C2=O. The lowest BCUT2D eigenvalue weighted by Gasteiger charge is -2.46. The molecular weight excluding hydrogens is 437 g/mol. The average molecular weight is 458 g/mol. The molecule has 0 unspecified atom stereocenters. The minimum Gasteiger partial charge on any atom is -0.293 e. The van der Waals surface area contributed by atoms with Crippen LogP contribution in [0, 0.1) is 11.2 Å². The fourth-order valence-corrected chi connectivity index (χ4v) is 7.62. The highest BCUT2D eigenvalue weighted by Gasteiger charge is 2.76. The number of carbonyl (C=O) groups excluding carboxylic acids is 3. The number of likely N-dealkylation sites (tertiary alicyclic amines) is 1. The van der Waals surface area contributed by atoms with E-state index in [0.29, 0.717) is 28.8 Å². The topological polar surface area (TPSA) is 54.5 Å². The van der Waals surface area contributed by atoms with E-state index in [9.17, 15) is 18.8 Å². The second-order valence-electron chi connectivity index (χ2n) is 8.99. The summed E-state index contributed by atoms with van der Waals surface area (Å²) in [5.74, 6) is -1.55. The fourth-order valence-electron chi connectivity index (χ4n) is 6.20. The van der Waals surface area contributed by atoms with Gasteiger partial charge in [0.15, 0.2) is 22.9 Å². The number of fused-ring (bicyclic) bond motifs is 3. The van der Waals surface area contributed by atoms with Gasteiger partial charge in [0, 0.05) is 39.8 Å². The van der Waals surface area contributed by atoms with Crippen LogP contribution in [-0.4, -0.2) is 47.1 Å². The normalized spacial score (nSPS) is 25.6. The number of Topliss-reactive ketones (excluding diaryl/α,β-unsaturated/α-hetero) is 3. The molecule has 2 heterocycles. The summed E-state index contributed by atoms with van der Waals surface area (Å²) in [6.07, 6.45) is 0. The summed E-state index contributed by atoms with van der Waals surface area (Å²) in [6.45, 7) is 0.295. The van der Waals surface area contributed by atoms with Crippen molar-refractivity contribution < 1.29 is 18.8 Å². The van der Waals surface area contributed by atoms with Crippen LogP contribution in [0.1, 0.15) is 42.6 Å². The van der Waals surface area contributed by atoms with Gasteiger partial charge < -0.3 is 0 Å². The monoisotopic (exact) mass is 457 g/mol. The molecule has 6 heteroatoms. The zero-order valence-electron chi connectivity index (χ0n) is 17.9. The van der Waals surface area contributed by atoms with Crippen LogP contribution in [0.4, 0.5) is 4.39 Å². The molecule has 0 saturated carbocycles. The molecule has 1 saturated heterocycles. The molecule has 3 aliphatic rings. The standard InChI is InChI=1S/C27H20FNO3S/c1-29-14-21(16-7-6-8-17(28)13-16)26(15-33-22-12-5-4-11-20(22)23(26)30)27(29)24(31)18-9-2-3-10-19(18)25(27)32/h2-13,21H,14-15H2,1H3/t21-,26+/m0/s1. The van der Waals surface area contributed by atoms with Gasteiger partial charge in [-0.05, 0) is 30.8 Å². The number of carbonyl (C=O) groups is 3. The predicted molar refractivity (Wildman–Crippen MR) is 124 cm³/mol. The highest BCUT2D eigenvalue weighted by atomic mass is 32.2. The van der Waals surface area contributed by atoms with Gasteiger partial charge in [0.1, 0.15) is 5.82 Å². The molecular formula is C27H20FNO3S. The molecule has 2 atom stereocenters. The number of halogens is 1. The third kappa shape index (κ3) is 2.37. The number of hydrogen-bond acceptors (Lipinski definition) is 5. The van der Waals surface area contributed by atoms with Crippen molar-refractivity contribution in [1.29, 1.82) is 0 Å². The summed E-state index contributed by atoms with van der Waals surface area (Å²) in [5, 5.41) is 0. The van der Waals surface area contributed by atoms with Crippen LogP contribution >= 0.6 is 11.8 Å². The molecule has 0 bridgehead atoms. The second-order valence-corrected chi connectivity index (χ2v) is 10.0. The maximum Gasteiger partial charge on any atom is 0.192 e. The van der Waals surface area contributed by atoms with Crippen LogP contribution in [0.2, 0.25) is 0 Å². The highest BCUT2D eigenvalue weighted by Crippen LogP contribution is 2.63. The molecule has 6 rings (SSSR count). The third-order valence-corrected chi connectivity index (χ3v) is 8.85. The summed E-state index contributed by atoms with van der Waals surface area (Å²) in [5.41, 5.74) is -1.17. The molecule has 2 spiro atoms. The number of thioether (sulfide) groups is 1. The van der Waals surface area contributed by atoms with Crippen LogP contribution in [0.5, 0.6) is 0 Å². The van der Waals surface area contributed by atoms with E-state index in [0.717, 1.165) is 4.90 Å². The van der Waals surface area contributed by atoms with Gasteiger partial charge in [-0.15, -0.1) is 11.8 Å². The van der Waals surface area contributed by atoms with Gasteiger partial charge >= 0.3 is 0 Å². The van der Waals surface area contributed by atoms with E-state index in [-0.39, 0.29) is 23.1 Å². The van der Waals surface area contributed by atoms with Crippen molar-refractivity contribution in [3.63, 3.8) is 0 Å². The number of benzene rings is 3. The predicted octanol–water partition coefficient (Wildman–Crippen LogP) is 4.65. The van der Waals surface area contributed by atoms with E-state index >= 15 is 0 Å². The number of rotatable bonds is 1. The van der Waals surface area contributed by atoms with Gasteiger partial charge in [-0.1, -0.05) is 54.6 Å². The van der Waals surface area contributed by atoms with Gasteiger partial charge in [-0.25, -0.2) is 4.39 Å². The molecule has 1 aliphatic carbocycles. The minimum absolute atomic E-state index is 0.218. The number of hydrogen-bond donors (Lipinski definition) is 0. The van der Waals surface area contributed by atoms with Gasteiger partial charge in [0.25, 0.3) is 0 Å². The average Bonchev–Trinajstić information content (AvgIpc) is 3.23. The Hall–Kier alpha value is -3.09. The molecule has 0 aromatic heterocycles. The van der Waals surface area contributed by atoms with E-state index in [1.165, 1.54) is 23.9 Å². The Morgan fingerprint density at radius 3 is 2.15 bits per heavy atom. The summed E-state index contributed by atoms with van der Waals surface area (Å²) in [7, 11) is 1.74. The smallest absolute Gasteiger partial charge is 0.192 e. The number of nitrogens with zero attached hydrogens (tertiary/aromatic N) is 1. The molecule has 164 valence electrons. The first kappa shape index (κ1) is 20.5. The largest absolute Gasteiger partial charge is 0.293 e. The van der Waals surface area contributed by atoms with Crippen LogP contribution in [-0.2, 0) is 0 Å². The Bertz CT molecular complexity index is 1330. The van der Waals surface area contributed by atoms with E-state index in [2.05, 4.69) is 0 Å². The van der Waals surface area contributed by atoms with Crippen molar-refractivity contribution in [2.45, 2.75) is 16.4 Å². The zero-order valence-corrected chi connectivity index (χ0v) is 18.7. The summed E-state index contributed by atoms with van der Waals surface area (Å²) in [6, 6.07) is 20.3. The maximum absolute atomic E-state index is 14.4. The molecule has 4 nitrogen and oxygen atoms in total. The zero-order chi connectivity index (χ0) is 23.0. The van der Waals surface area contributed by atoms with E-state index < -0.39 is 22.7 Å². The van der Waals surface area contributed by atoms with Gasteiger partial charge in [-0.2, -0.15) is 0 Å². The Balaban J connectivity index is 1.67. The van der Waals surface area contributed by atoms with Crippen molar-refractivity contribution in [2.24, 2.45) is 5.41 Å². The van der Waals surface area contributed by atoms with Crippen LogP contribution in [0.3, 0.4) is 0 Å². The second kappa shape index (κ2) is 6.95. The third-order valence-electron chi connectivity index (χ3n) is 7.59. The van der Waals surface area contributed by atoms with Crippen LogP contribution in [0.25, 0.3) is 0 Å². The lowest BCUT2D eigenvalue weighted by atomic mass is 9.58. The number of likely N-dealkylation sites (N-methyl/N-ethyl adjacent to an activating group) is 1. The van der Waals surface area contributed by atoms with Crippen molar-refractivity contribution in [3.8, 4) is 0 Å². The lowest BCUT2D eigenvalue weighted by molar-refractivity contribution is 0.0361. The van der Waals surface area contributed by atoms with E-state index in [4.69, 9.17) is 0 Å². The molecule has 0 amide bonds. The van der Waals surface area contributed by atoms with Gasteiger partial charge in [0.05, 0.1) is 5.41 Å². The van der Waals surface area contributed by atoms with Gasteiger partial charge in [0.2, 0.25) is 0 Å². The molecule has 33 heavy (non-hydrogen) atoms. The first-order valence-corrected chi connectivity index (χ1v) is 11.8. The first-order valence-electron chi connectivity index (χ1n) is 10.8. The minimum atomic E-state index is -1.66. The van der Waals surface area contributed by atoms with Crippen molar-refractivity contribution in [3.05, 3.63) is 101 Å². The summed E-state index contributed by atoms with van der Waals surface area (Å²) >= 11 is 1.49. The van der Waals surface area contributed by atoms with E-state index in [1.54, 1.807) is 60.5 Å². The molecule has 1 fully saturated rings. The fraction of sp³-hybridized carbons (Fsp3) is 0.222. The van der Waals surface area contributed by atoms with E-state index in [1.807, 2.05) is 12.1 Å². The molecule has 0 radical (unpaired) electrons. The highest BCUT2D eigenvalue weighted by molar-refractivity contribution is 7.99. The van der Waals surface area contributed by atoms with Crippen LogP contribution in [0.15, 0.2) is 77.7 Å².